The van der Waals surface area contributed by atoms with Gasteiger partial charge in [-0.3, -0.25) is 4.79 Å². The normalized spacial score (nSPS) is 15.4. The maximum Gasteiger partial charge on any atom is 0.272 e. The second-order valence-electron chi connectivity index (χ2n) is 6.45. The van der Waals surface area contributed by atoms with E-state index in [4.69, 9.17) is 0 Å². The Hall–Kier alpha value is -1.46. The lowest BCUT2D eigenvalue weighted by atomic mass is 9.99. The monoisotopic (exact) mass is 372 g/mol. The molecule has 1 aromatic carbocycles. The maximum atomic E-state index is 12.7. The van der Waals surface area contributed by atoms with Crippen molar-refractivity contribution in [1.82, 2.24) is 9.88 Å². The van der Waals surface area contributed by atoms with Crippen molar-refractivity contribution in [2.24, 2.45) is 5.92 Å². The number of amides is 1. The first-order valence-electron chi connectivity index (χ1n) is 8.68. The van der Waals surface area contributed by atoms with Gasteiger partial charge in [0.05, 0.1) is 5.69 Å². The van der Waals surface area contributed by atoms with Crippen molar-refractivity contribution in [2.75, 3.05) is 19.3 Å². The van der Waals surface area contributed by atoms with E-state index in [1.54, 1.807) is 23.5 Å². The molecule has 25 heavy (non-hydrogen) atoms. The van der Waals surface area contributed by atoms with Crippen molar-refractivity contribution in [3.63, 3.8) is 0 Å². The zero-order chi connectivity index (χ0) is 17.6. The zero-order valence-electron chi connectivity index (χ0n) is 14.8. The molecule has 0 bridgehead atoms. The number of piperidine rings is 1. The summed E-state index contributed by atoms with van der Waals surface area (Å²) in [4.78, 5) is 21.7. The predicted octanol–water partition coefficient (Wildman–Crippen LogP) is 4.97. The van der Waals surface area contributed by atoms with Crippen LogP contribution in [0.25, 0.3) is 0 Å². The van der Waals surface area contributed by atoms with Gasteiger partial charge >= 0.3 is 0 Å². The highest BCUT2D eigenvalue weighted by atomic mass is 32.2. The molecule has 0 radical (unpaired) electrons. The molecule has 0 atom stereocenters. The van der Waals surface area contributed by atoms with Gasteiger partial charge in [-0.05, 0) is 61.4 Å². The summed E-state index contributed by atoms with van der Waals surface area (Å²) in [6, 6.07) is 14.3. The van der Waals surface area contributed by atoms with E-state index in [-0.39, 0.29) is 5.91 Å². The molecular weight excluding hydrogens is 348 g/mol. The summed E-state index contributed by atoms with van der Waals surface area (Å²) in [6.07, 6.45) is 4.26. The molecule has 0 unspecified atom stereocenters. The summed E-state index contributed by atoms with van der Waals surface area (Å²) in [6.45, 7) is 3.95. The third-order valence-corrected chi connectivity index (χ3v) is 6.33. The number of rotatable bonds is 5. The van der Waals surface area contributed by atoms with E-state index < -0.39 is 0 Å². The van der Waals surface area contributed by atoms with Crippen molar-refractivity contribution < 1.29 is 4.79 Å². The highest BCUT2D eigenvalue weighted by molar-refractivity contribution is 7.99. The van der Waals surface area contributed by atoms with Crippen LogP contribution in [0.2, 0.25) is 0 Å². The number of likely N-dealkylation sites (tertiary alicyclic amines) is 1. The van der Waals surface area contributed by atoms with Crippen LogP contribution in [0, 0.1) is 5.92 Å². The van der Waals surface area contributed by atoms with Crippen LogP contribution in [0.1, 0.15) is 35.9 Å². The molecule has 3 rings (SSSR count). The van der Waals surface area contributed by atoms with Crippen LogP contribution < -0.4 is 0 Å². The topological polar surface area (TPSA) is 33.2 Å². The minimum absolute atomic E-state index is 0.0723. The SMILES string of the molecule is CSc1ccc(SCc2cccc(C(=O)N3CCC(C)CC3)n2)cc1. The number of carbonyl (C=O) groups is 1. The van der Waals surface area contributed by atoms with Crippen LogP contribution in [0.3, 0.4) is 0 Å². The van der Waals surface area contributed by atoms with Gasteiger partial charge in [-0.1, -0.05) is 13.0 Å². The number of carbonyl (C=O) groups excluding carboxylic acids is 1. The molecule has 132 valence electrons. The van der Waals surface area contributed by atoms with Crippen molar-refractivity contribution in [3.8, 4) is 0 Å². The Bertz CT molecular complexity index is 710. The molecule has 1 amide bonds. The summed E-state index contributed by atoms with van der Waals surface area (Å²) in [5.41, 5.74) is 1.53. The Balaban J connectivity index is 1.61. The van der Waals surface area contributed by atoms with E-state index >= 15 is 0 Å². The Morgan fingerprint density at radius 2 is 1.80 bits per heavy atom. The molecule has 1 aromatic heterocycles. The smallest absolute Gasteiger partial charge is 0.272 e. The molecule has 0 N–H and O–H groups in total. The second-order valence-corrected chi connectivity index (χ2v) is 8.38. The maximum absolute atomic E-state index is 12.7. The van der Waals surface area contributed by atoms with Gasteiger partial charge in [0.1, 0.15) is 5.69 Å². The van der Waals surface area contributed by atoms with Crippen LogP contribution in [0.15, 0.2) is 52.3 Å². The third kappa shape index (κ3) is 5.02. The summed E-state index contributed by atoms with van der Waals surface area (Å²) in [5, 5.41) is 0. The first-order valence-corrected chi connectivity index (χ1v) is 10.9. The van der Waals surface area contributed by atoms with E-state index in [9.17, 15) is 4.79 Å². The number of aromatic nitrogens is 1. The average Bonchev–Trinajstić information content (AvgIpc) is 2.67. The molecule has 5 heteroatoms. The number of hydrogen-bond donors (Lipinski definition) is 0. The summed E-state index contributed by atoms with van der Waals surface area (Å²) in [5.74, 6) is 1.57. The van der Waals surface area contributed by atoms with Gasteiger partial charge in [-0.15, -0.1) is 23.5 Å². The molecule has 1 fully saturated rings. The number of nitrogens with zero attached hydrogens (tertiary/aromatic N) is 2. The van der Waals surface area contributed by atoms with Gasteiger partial charge in [0.2, 0.25) is 0 Å². The Kier molecular flexibility index (Phi) is 6.43. The van der Waals surface area contributed by atoms with Crippen molar-refractivity contribution in [3.05, 3.63) is 53.9 Å². The minimum Gasteiger partial charge on any atom is -0.337 e. The van der Waals surface area contributed by atoms with E-state index in [2.05, 4.69) is 42.4 Å². The molecule has 0 aliphatic carbocycles. The lowest BCUT2D eigenvalue weighted by Crippen LogP contribution is -2.38. The lowest BCUT2D eigenvalue weighted by molar-refractivity contribution is 0.0691. The fraction of sp³-hybridized carbons (Fsp3) is 0.400. The van der Waals surface area contributed by atoms with Crippen molar-refractivity contribution in [2.45, 2.75) is 35.3 Å². The van der Waals surface area contributed by atoms with Gasteiger partial charge in [0.25, 0.3) is 5.91 Å². The van der Waals surface area contributed by atoms with E-state index in [0.717, 1.165) is 43.3 Å². The summed E-state index contributed by atoms with van der Waals surface area (Å²) >= 11 is 3.50. The van der Waals surface area contributed by atoms with Crippen LogP contribution >= 0.6 is 23.5 Å². The molecule has 1 aliphatic heterocycles. The fourth-order valence-corrected chi connectivity index (χ4v) is 4.09. The highest BCUT2D eigenvalue weighted by Crippen LogP contribution is 2.25. The van der Waals surface area contributed by atoms with Gasteiger partial charge in [0, 0.05) is 28.6 Å². The zero-order valence-corrected chi connectivity index (χ0v) is 16.4. The number of pyridine rings is 1. The second kappa shape index (κ2) is 8.77. The Labute approximate surface area is 158 Å². The lowest BCUT2D eigenvalue weighted by Gasteiger charge is -2.30. The van der Waals surface area contributed by atoms with Gasteiger partial charge in [0.15, 0.2) is 0 Å². The van der Waals surface area contributed by atoms with Crippen molar-refractivity contribution >= 4 is 29.4 Å². The fourth-order valence-electron chi connectivity index (χ4n) is 2.88. The van der Waals surface area contributed by atoms with Crippen LogP contribution in [0.5, 0.6) is 0 Å². The molecule has 3 nitrogen and oxygen atoms in total. The summed E-state index contributed by atoms with van der Waals surface area (Å²) < 4.78 is 0. The highest BCUT2D eigenvalue weighted by Gasteiger charge is 2.22. The Morgan fingerprint density at radius 3 is 2.48 bits per heavy atom. The molecule has 1 saturated heterocycles. The average molecular weight is 373 g/mol. The Morgan fingerprint density at radius 1 is 1.12 bits per heavy atom. The number of thioether (sulfide) groups is 2. The van der Waals surface area contributed by atoms with Crippen LogP contribution in [-0.2, 0) is 5.75 Å². The van der Waals surface area contributed by atoms with Crippen LogP contribution in [-0.4, -0.2) is 35.1 Å². The van der Waals surface area contributed by atoms with Crippen molar-refractivity contribution in [1.29, 1.82) is 0 Å². The van der Waals surface area contributed by atoms with E-state index in [1.165, 1.54) is 9.79 Å². The molecule has 0 spiro atoms. The molecule has 1 aliphatic rings. The molecule has 2 aromatic rings. The predicted molar refractivity (Wildman–Crippen MR) is 106 cm³/mol. The van der Waals surface area contributed by atoms with E-state index in [1.807, 2.05) is 23.1 Å². The summed E-state index contributed by atoms with van der Waals surface area (Å²) in [7, 11) is 0. The quantitative estimate of drug-likeness (QED) is 0.694. The molecule has 2 heterocycles. The largest absolute Gasteiger partial charge is 0.337 e. The van der Waals surface area contributed by atoms with Gasteiger partial charge in [-0.2, -0.15) is 0 Å². The third-order valence-electron chi connectivity index (χ3n) is 4.54. The van der Waals surface area contributed by atoms with E-state index in [0.29, 0.717) is 5.69 Å². The van der Waals surface area contributed by atoms with Gasteiger partial charge < -0.3 is 4.90 Å². The number of benzene rings is 1. The van der Waals surface area contributed by atoms with Crippen LogP contribution in [0.4, 0.5) is 0 Å². The standard InChI is InChI=1S/C20H24N2OS2/c1-15-10-12-22(13-11-15)20(23)19-5-3-4-16(21-19)14-25-18-8-6-17(24-2)7-9-18/h3-9,15H,10-14H2,1-2H3. The molecule has 0 saturated carbocycles. The molecular formula is C20H24N2OS2. The van der Waals surface area contributed by atoms with Gasteiger partial charge in [-0.25, -0.2) is 4.98 Å². The minimum atomic E-state index is 0.0723. The number of hydrogen-bond acceptors (Lipinski definition) is 4. The first kappa shape index (κ1) is 18.3. The first-order chi connectivity index (χ1) is 12.2.